The zero-order valence-electron chi connectivity index (χ0n) is 13.6. The standard InChI is InChI=1S/C20H17NO4/c21-10-12-2-1-3-17-15(12)6-7-18(17)25-14-4-5-16-13(8-20(22)23)11-24-19(16)9-14/h1-5,9,13,18H,6-8,11H2,(H,22,23)/t13-,18?/m0/s1. The summed E-state index contributed by atoms with van der Waals surface area (Å²) in [6.07, 6.45) is 1.68. The van der Waals surface area contributed by atoms with E-state index < -0.39 is 5.97 Å². The molecule has 0 bridgehead atoms. The van der Waals surface area contributed by atoms with Gasteiger partial charge in [-0.25, -0.2) is 0 Å². The normalized spacial score (nSPS) is 20.3. The van der Waals surface area contributed by atoms with Crippen LogP contribution in [0.25, 0.3) is 0 Å². The van der Waals surface area contributed by atoms with Gasteiger partial charge in [-0.15, -0.1) is 0 Å². The molecule has 0 amide bonds. The van der Waals surface area contributed by atoms with Crippen molar-refractivity contribution in [1.82, 2.24) is 0 Å². The van der Waals surface area contributed by atoms with Gasteiger partial charge in [0.2, 0.25) is 0 Å². The van der Waals surface area contributed by atoms with Gasteiger partial charge in [-0.05, 0) is 36.1 Å². The summed E-state index contributed by atoms with van der Waals surface area (Å²) in [6.45, 7) is 0.392. The van der Waals surface area contributed by atoms with Gasteiger partial charge in [0.25, 0.3) is 0 Å². The van der Waals surface area contributed by atoms with Crippen LogP contribution in [0.1, 0.15) is 47.1 Å². The fraction of sp³-hybridized carbons (Fsp3) is 0.300. The van der Waals surface area contributed by atoms with E-state index in [1.54, 1.807) is 0 Å². The molecule has 5 heteroatoms. The van der Waals surface area contributed by atoms with Gasteiger partial charge in [0.15, 0.2) is 0 Å². The first-order chi connectivity index (χ1) is 12.2. The Morgan fingerprint density at radius 1 is 1.32 bits per heavy atom. The molecule has 126 valence electrons. The zero-order valence-corrected chi connectivity index (χ0v) is 13.6. The Morgan fingerprint density at radius 2 is 2.20 bits per heavy atom. The minimum Gasteiger partial charge on any atom is -0.492 e. The fourth-order valence-corrected chi connectivity index (χ4v) is 3.72. The summed E-state index contributed by atoms with van der Waals surface area (Å²) in [5.74, 6) is 0.479. The van der Waals surface area contributed by atoms with E-state index in [0.717, 1.165) is 35.1 Å². The first kappa shape index (κ1) is 15.5. The molecular formula is C20H17NO4. The van der Waals surface area contributed by atoms with Crippen LogP contribution in [-0.2, 0) is 11.2 Å². The lowest BCUT2D eigenvalue weighted by Crippen LogP contribution is -2.07. The average Bonchev–Trinajstić information content (AvgIpc) is 3.19. The molecule has 1 aliphatic carbocycles. The van der Waals surface area contributed by atoms with Crippen molar-refractivity contribution >= 4 is 5.97 Å². The van der Waals surface area contributed by atoms with Gasteiger partial charge in [-0.3, -0.25) is 4.79 Å². The Hall–Kier alpha value is -3.00. The molecule has 5 nitrogen and oxygen atoms in total. The van der Waals surface area contributed by atoms with Crippen LogP contribution in [-0.4, -0.2) is 17.7 Å². The van der Waals surface area contributed by atoms with Crippen LogP contribution in [0.15, 0.2) is 36.4 Å². The molecule has 0 fully saturated rings. The number of carbonyl (C=O) groups is 1. The summed E-state index contributed by atoms with van der Waals surface area (Å²) in [6, 6.07) is 13.6. The summed E-state index contributed by atoms with van der Waals surface area (Å²) in [4.78, 5) is 10.9. The average molecular weight is 335 g/mol. The second-order valence-electron chi connectivity index (χ2n) is 6.44. The van der Waals surface area contributed by atoms with Crippen molar-refractivity contribution in [3.63, 3.8) is 0 Å². The predicted molar refractivity (Wildman–Crippen MR) is 89.8 cm³/mol. The first-order valence-electron chi connectivity index (χ1n) is 8.33. The Kier molecular flexibility index (Phi) is 3.81. The van der Waals surface area contributed by atoms with Crippen molar-refractivity contribution in [1.29, 1.82) is 5.26 Å². The van der Waals surface area contributed by atoms with E-state index in [9.17, 15) is 10.1 Å². The van der Waals surface area contributed by atoms with Crippen LogP contribution in [0.4, 0.5) is 0 Å². The number of fused-ring (bicyclic) bond motifs is 2. The Bertz CT molecular complexity index is 884. The maximum Gasteiger partial charge on any atom is 0.304 e. The van der Waals surface area contributed by atoms with Crippen LogP contribution >= 0.6 is 0 Å². The number of hydrogen-bond donors (Lipinski definition) is 1. The lowest BCUT2D eigenvalue weighted by atomic mass is 9.98. The third kappa shape index (κ3) is 2.80. The van der Waals surface area contributed by atoms with Gasteiger partial charge >= 0.3 is 5.97 Å². The molecule has 2 aromatic carbocycles. The number of carboxylic acid groups (broad SMARTS) is 1. The summed E-state index contributed by atoms with van der Waals surface area (Å²) in [7, 11) is 0. The monoisotopic (exact) mass is 335 g/mol. The molecule has 2 atom stereocenters. The number of carboxylic acids is 1. The lowest BCUT2D eigenvalue weighted by molar-refractivity contribution is -0.137. The fourth-order valence-electron chi connectivity index (χ4n) is 3.72. The molecular weight excluding hydrogens is 318 g/mol. The highest BCUT2D eigenvalue weighted by Crippen LogP contribution is 2.41. The largest absolute Gasteiger partial charge is 0.492 e. The Labute approximate surface area is 145 Å². The number of aliphatic carboxylic acids is 1. The number of rotatable bonds is 4. The van der Waals surface area contributed by atoms with Crippen LogP contribution in [0.3, 0.4) is 0 Å². The quantitative estimate of drug-likeness (QED) is 0.924. The van der Waals surface area contributed by atoms with Crippen LogP contribution in [0, 0.1) is 11.3 Å². The molecule has 1 heterocycles. The summed E-state index contributed by atoms with van der Waals surface area (Å²) < 4.78 is 11.8. The van der Waals surface area contributed by atoms with Crippen molar-refractivity contribution in [3.05, 3.63) is 58.7 Å². The molecule has 0 radical (unpaired) electrons. The molecule has 0 aromatic heterocycles. The lowest BCUT2D eigenvalue weighted by Gasteiger charge is -2.16. The van der Waals surface area contributed by atoms with Gasteiger partial charge in [-0.1, -0.05) is 18.2 Å². The third-order valence-electron chi connectivity index (χ3n) is 4.90. The molecule has 4 rings (SSSR count). The number of hydrogen-bond acceptors (Lipinski definition) is 4. The van der Waals surface area contributed by atoms with Gasteiger partial charge in [0.1, 0.15) is 17.6 Å². The van der Waals surface area contributed by atoms with E-state index in [4.69, 9.17) is 14.6 Å². The molecule has 0 saturated heterocycles. The summed E-state index contributed by atoms with van der Waals surface area (Å²) in [5, 5.41) is 18.2. The highest BCUT2D eigenvalue weighted by atomic mass is 16.5. The number of ether oxygens (including phenoxy) is 2. The number of benzene rings is 2. The molecule has 2 aromatic rings. The van der Waals surface area contributed by atoms with Crippen molar-refractivity contribution in [3.8, 4) is 17.6 Å². The van der Waals surface area contributed by atoms with Gasteiger partial charge in [-0.2, -0.15) is 5.26 Å². The molecule has 0 saturated carbocycles. The second kappa shape index (κ2) is 6.14. The molecule has 1 unspecified atom stereocenters. The zero-order chi connectivity index (χ0) is 17.4. The van der Waals surface area contributed by atoms with E-state index in [0.29, 0.717) is 18.1 Å². The molecule has 0 spiro atoms. The molecule has 25 heavy (non-hydrogen) atoms. The Morgan fingerprint density at radius 3 is 3.00 bits per heavy atom. The molecule has 1 aliphatic heterocycles. The van der Waals surface area contributed by atoms with E-state index in [2.05, 4.69) is 6.07 Å². The number of nitriles is 1. The van der Waals surface area contributed by atoms with Crippen molar-refractivity contribution < 1.29 is 19.4 Å². The highest BCUT2D eigenvalue weighted by Gasteiger charge is 2.29. The second-order valence-corrected chi connectivity index (χ2v) is 6.44. The van der Waals surface area contributed by atoms with Gasteiger partial charge < -0.3 is 14.6 Å². The highest BCUT2D eigenvalue weighted by molar-refractivity contribution is 5.68. The topological polar surface area (TPSA) is 79.5 Å². The van der Waals surface area contributed by atoms with E-state index in [-0.39, 0.29) is 18.4 Å². The van der Waals surface area contributed by atoms with E-state index in [1.165, 1.54) is 0 Å². The molecule has 1 N–H and O–H groups in total. The maximum absolute atomic E-state index is 10.9. The van der Waals surface area contributed by atoms with Gasteiger partial charge in [0, 0.05) is 17.5 Å². The minimum atomic E-state index is -0.822. The van der Waals surface area contributed by atoms with Crippen LogP contribution in [0.5, 0.6) is 11.5 Å². The van der Waals surface area contributed by atoms with Crippen LogP contribution in [0.2, 0.25) is 0 Å². The third-order valence-corrected chi connectivity index (χ3v) is 4.90. The Balaban J connectivity index is 1.55. The van der Waals surface area contributed by atoms with Crippen LogP contribution < -0.4 is 9.47 Å². The maximum atomic E-state index is 10.9. The summed E-state index contributed by atoms with van der Waals surface area (Å²) in [5.41, 5.74) is 3.80. The molecule has 2 aliphatic rings. The van der Waals surface area contributed by atoms with Crippen molar-refractivity contribution in [2.24, 2.45) is 0 Å². The van der Waals surface area contributed by atoms with E-state index >= 15 is 0 Å². The smallest absolute Gasteiger partial charge is 0.304 e. The van der Waals surface area contributed by atoms with Crippen molar-refractivity contribution in [2.45, 2.75) is 31.3 Å². The SMILES string of the molecule is N#Cc1cccc2c1CCC2Oc1ccc2c(c1)OC[C@@H]2CC(=O)O. The minimum absolute atomic E-state index is 0.0696. The number of nitrogens with zero attached hydrogens (tertiary/aromatic N) is 1. The predicted octanol–water partition coefficient (Wildman–Crippen LogP) is 3.58. The summed E-state index contributed by atoms with van der Waals surface area (Å²) >= 11 is 0. The van der Waals surface area contributed by atoms with Gasteiger partial charge in [0.05, 0.1) is 24.7 Å². The first-order valence-corrected chi connectivity index (χ1v) is 8.33. The van der Waals surface area contributed by atoms with Crippen molar-refractivity contribution in [2.75, 3.05) is 6.61 Å². The van der Waals surface area contributed by atoms with E-state index in [1.807, 2.05) is 36.4 Å².